The number of carboxylic acid groups (broad SMARTS) is 1. The number of hydrogen-bond acceptors (Lipinski definition) is 2. The van der Waals surface area contributed by atoms with Gasteiger partial charge in [0.05, 0.1) is 6.42 Å². The van der Waals surface area contributed by atoms with Crippen molar-refractivity contribution in [1.82, 2.24) is 4.90 Å². The number of hydrogen-bond donors (Lipinski definition) is 1. The molecule has 0 saturated carbocycles. The fourth-order valence-corrected chi connectivity index (χ4v) is 1.58. The normalized spacial score (nSPS) is 10.4. The monoisotopic (exact) mass is 253 g/mol. The van der Waals surface area contributed by atoms with E-state index in [-0.39, 0.29) is 30.7 Å². The van der Waals surface area contributed by atoms with Crippen molar-refractivity contribution in [2.45, 2.75) is 26.3 Å². The molecule has 0 aliphatic carbocycles. The van der Waals surface area contributed by atoms with E-state index in [0.29, 0.717) is 5.56 Å². The summed E-state index contributed by atoms with van der Waals surface area (Å²) in [5, 5.41) is 8.74. The van der Waals surface area contributed by atoms with Crippen molar-refractivity contribution in [1.29, 1.82) is 0 Å². The van der Waals surface area contributed by atoms with Gasteiger partial charge in [-0.1, -0.05) is 12.1 Å². The second-order valence-electron chi connectivity index (χ2n) is 4.31. The van der Waals surface area contributed by atoms with Gasteiger partial charge in [0.2, 0.25) is 5.91 Å². The van der Waals surface area contributed by atoms with Crippen molar-refractivity contribution >= 4 is 11.9 Å². The molecule has 5 heteroatoms. The van der Waals surface area contributed by atoms with Crippen molar-refractivity contribution in [2.75, 3.05) is 6.54 Å². The summed E-state index contributed by atoms with van der Waals surface area (Å²) < 4.78 is 12.7. The molecule has 0 aromatic heterocycles. The lowest BCUT2D eigenvalue weighted by Gasteiger charge is -2.24. The van der Waals surface area contributed by atoms with Crippen molar-refractivity contribution in [3.63, 3.8) is 0 Å². The number of carbonyl (C=O) groups is 2. The highest BCUT2D eigenvalue weighted by Crippen LogP contribution is 2.07. The van der Waals surface area contributed by atoms with Gasteiger partial charge >= 0.3 is 5.97 Å². The predicted molar refractivity (Wildman–Crippen MR) is 64.6 cm³/mol. The number of amides is 1. The SMILES string of the molecule is CC(C)N(CC(=O)O)C(=O)Cc1ccc(F)cc1. The zero-order valence-electron chi connectivity index (χ0n) is 10.4. The molecular weight excluding hydrogens is 237 g/mol. The van der Waals surface area contributed by atoms with Crippen LogP contribution in [-0.4, -0.2) is 34.5 Å². The minimum Gasteiger partial charge on any atom is -0.480 e. The molecule has 0 atom stereocenters. The molecule has 1 aromatic carbocycles. The first-order chi connectivity index (χ1) is 8.40. The average molecular weight is 253 g/mol. The quantitative estimate of drug-likeness (QED) is 0.868. The summed E-state index contributed by atoms with van der Waals surface area (Å²) in [6, 6.07) is 5.41. The van der Waals surface area contributed by atoms with E-state index in [1.807, 2.05) is 0 Å². The van der Waals surface area contributed by atoms with Gasteiger partial charge < -0.3 is 10.0 Å². The summed E-state index contributed by atoms with van der Waals surface area (Å²) in [4.78, 5) is 23.9. The molecule has 1 aromatic rings. The second-order valence-corrected chi connectivity index (χ2v) is 4.31. The van der Waals surface area contributed by atoms with E-state index in [2.05, 4.69) is 0 Å². The first kappa shape index (κ1) is 14.2. The maximum Gasteiger partial charge on any atom is 0.323 e. The van der Waals surface area contributed by atoms with E-state index >= 15 is 0 Å². The lowest BCUT2D eigenvalue weighted by Crippen LogP contribution is -2.41. The van der Waals surface area contributed by atoms with Gasteiger partial charge in [-0.05, 0) is 31.5 Å². The van der Waals surface area contributed by atoms with Crippen LogP contribution in [0.1, 0.15) is 19.4 Å². The summed E-state index contributed by atoms with van der Waals surface area (Å²) in [7, 11) is 0. The summed E-state index contributed by atoms with van der Waals surface area (Å²) in [6.07, 6.45) is 0.0751. The standard InChI is InChI=1S/C13H16FNO3/c1-9(2)15(8-13(17)18)12(16)7-10-3-5-11(14)6-4-10/h3-6,9H,7-8H2,1-2H3,(H,17,18). The van der Waals surface area contributed by atoms with Crippen LogP contribution in [0, 0.1) is 5.82 Å². The molecule has 4 nitrogen and oxygen atoms in total. The Bertz CT molecular complexity index is 428. The first-order valence-electron chi connectivity index (χ1n) is 5.66. The molecule has 0 radical (unpaired) electrons. The van der Waals surface area contributed by atoms with Crippen molar-refractivity contribution in [2.24, 2.45) is 0 Å². The topological polar surface area (TPSA) is 57.6 Å². The highest BCUT2D eigenvalue weighted by atomic mass is 19.1. The van der Waals surface area contributed by atoms with Crippen LogP contribution in [0.15, 0.2) is 24.3 Å². The number of halogens is 1. The third-order valence-electron chi connectivity index (χ3n) is 2.52. The molecule has 1 N–H and O–H groups in total. The fourth-order valence-electron chi connectivity index (χ4n) is 1.58. The van der Waals surface area contributed by atoms with Crippen LogP contribution in [0.4, 0.5) is 4.39 Å². The van der Waals surface area contributed by atoms with E-state index in [4.69, 9.17) is 5.11 Å². The smallest absolute Gasteiger partial charge is 0.323 e. The predicted octanol–water partition coefficient (Wildman–Crippen LogP) is 1.69. The molecule has 18 heavy (non-hydrogen) atoms. The van der Waals surface area contributed by atoms with Gasteiger partial charge in [-0.3, -0.25) is 9.59 Å². The Kier molecular flexibility index (Phi) is 4.83. The lowest BCUT2D eigenvalue weighted by molar-refractivity contribution is -0.145. The third-order valence-corrected chi connectivity index (χ3v) is 2.52. The summed E-state index contributed by atoms with van der Waals surface area (Å²) in [6.45, 7) is 3.19. The van der Waals surface area contributed by atoms with E-state index in [9.17, 15) is 14.0 Å². The van der Waals surface area contributed by atoms with Gasteiger partial charge in [0.15, 0.2) is 0 Å². The Balaban J connectivity index is 2.72. The molecule has 1 rings (SSSR count). The van der Waals surface area contributed by atoms with Gasteiger partial charge in [0, 0.05) is 6.04 Å². The lowest BCUT2D eigenvalue weighted by atomic mass is 10.1. The number of aliphatic carboxylic acids is 1. The number of rotatable bonds is 5. The zero-order valence-corrected chi connectivity index (χ0v) is 10.4. The maximum atomic E-state index is 12.7. The molecule has 0 bridgehead atoms. The molecular formula is C13H16FNO3. The number of benzene rings is 1. The summed E-state index contributed by atoms with van der Waals surface area (Å²) in [5.41, 5.74) is 0.664. The third kappa shape index (κ3) is 4.16. The zero-order chi connectivity index (χ0) is 13.7. The van der Waals surface area contributed by atoms with Crippen LogP contribution in [-0.2, 0) is 16.0 Å². The molecule has 0 aliphatic rings. The first-order valence-corrected chi connectivity index (χ1v) is 5.66. The Morgan fingerprint density at radius 2 is 1.83 bits per heavy atom. The van der Waals surface area contributed by atoms with Crippen LogP contribution < -0.4 is 0 Å². The molecule has 0 saturated heterocycles. The van der Waals surface area contributed by atoms with E-state index in [1.54, 1.807) is 13.8 Å². The van der Waals surface area contributed by atoms with Crippen molar-refractivity contribution in [3.8, 4) is 0 Å². The number of carboxylic acids is 1. The molecule has 1 amide bonds. The largest absolute Gasteiger partial charge is 0.480 e. The van der Waals surface area contributed by atoms with Gasteiger partial charge in [-0.15, -0.1) is 0 Å². The molecule has 0 unspecified atom stereocenters. The average Bonchev–Trinajstić information content (AvgIpc) is 2.28. The summed E-state index contributed by atoms with van der Waals surface area (Å²) >= 11 is 0. The molecule has 0 aliphatic heterocycles. The number of nitrogens with zero attached hydrogens (tertiary/aromatic N) is 1. The van der Waals surface area contributed by atoms with Crippen molar-refractivity contribution < 1.29 is 19.1 Å². The Morgan fingerprint density at radius 1 is 1.28 bits per heavy atom. The highest BCUT2D eigenvalue weighted by molar-refractivity contribution is 5.83. The highest BCUT2D eigenvalue weighted by Gasteiger charge is 2.19. The van der Waals surface area contributed by atoms with Crippen LogP contribution in [0.3, 0.4) is 0 Å². The Labute approximate surface area is 105 Å². The Hall–Kier alpha value is -1.91. The molecule has 0 spiro atoms. The number of carbonyl (C=O) groups excluding carboxylic acids is 1. The van der Waals surface area contributed by atoms with Gasteiger partial charge in [-0.2, -0.15) is 0 Å². The minimum absolute atomic E-state index is 0.0751. The van der Waals surface area contributed by atoms with E-state index < -0.39 is 5.97 Å². The van der Waals surface area contributed by atoms with Crippen molar-refractivity contribution in [3.05, 3.63) is 35.6 Å². The molecule has 0 heterocycles. The van der Waals surface area contributed by atoms with E-state index in [1.165, 1.54) is 29.2 Å². The van der Waals surface area contributed by atoms with Gasteiger partial charge in [0.25, 0.3) is 0 Å². The fraction of sp³-hybridized carbons (Fsp3) is 0.385. The summed E-state index contributed by atoms with van der Waals surface area (Å²) in [5.74, 6) is -1.69. The van der Waals surface area contributed by atoms with Crippen LogP contribution in [0.5, 0.6) is 0 Å². The van der Waals surface area contributed by atoms with Crippen LogP contribution >= 0.6 is 0 Å². The maximum absolute atomic E-state index is 12.7. The van der Waals surface area contributed by atoms with Crippen LogP contribution in [0.25, 0.3) is 0 Å². The van der Waals surface area contributed by atoms with Gasteiger partial charge in [0.1, 0.15) is 12.4 Å². The van der Waals surface area contributed by atoms with Gasteiger partial charge in [-0.25, -0.2) is 4.39 Å². The van der Waals surface area contributed by atoms with E-state index in [0.717, 1.165) is 0 Å². The minimum atomic E-state index is -1.05. The molecule has 98 valence electrons. The van der Waals surface area contributed by atoms with Crippen LogP contribution in [0.2, 0.25) is 0 Å². The second kappa shape index (κ2) is 6.14. The molecule has 0 fully saturated rings. The Morgan fingerprint density at radius 3 is 2.28 bits per heavy atom.